The number of sulfonamides is 1. The number of hydrogen-bond donors (Lipinski definition) is 1. The number of methoxy groups -OCH3 is 1. The van der Waals surface area contributed by atoms with Gasteiger partial charge in [-0.05, 0) is 62.1 Å². The molecule has 0 radical (unpaired) electrons. The Bertz CT molecular complexity index is 960. The van der Waals surface area contributed by atoms with Gasteiger partial charge < -0.3 is 14.8 Å². The fourth-order valence-electron chi connectivity index (χ4n) is 2.64. The lowest BCUT2D eigenvalue weighted by atomic mass is 10.2. The van der Waals surface area contributed by atoms with Gasteiger partial charge in [0.15, 0.2) is 11.5 Å². The summed E-state index contributed by atoms with van der Waals surface area (Å²) in [6.07, 6.45) is 1.93. The fourth-order valence-corrected chi connectivity index (χ4v) is 4.18. The molecule has 9 heteroatoms. The molecular weight excluding hydrogens is 424 g/mol. The first-order chi connectivity index (χ1) is 14.2. The average molecular weight is 453 g/mol. The molecule has 0 aliphatic carbocycles. The number of carbonyl (C=O) groups excluding carboxylic acids is 1. The molecule has 1 amide bonds. The molecule has 2 aromatic carbocycles. The lowest BCUT2D eigenvalue weighted by molar-refractivity contribution is -0.121. The largest absolute Gasteiger partial charge is 0.493 e. The van der Waals surface area contributed by atoms with Crippen molar-refractivity contribution in [1.29, 1.82) is 0 Å². The van der Waals surface area contributed by atoms with E-state index in [1.54, 1.807) is 43.5 Å². The molecule has 0 saturated heterocycles. The van der Waals surface area contributed by atoms with Crippen LogP contribution in [-0.2, 0) is 21.4 Å². The number of nitrogens with zero attached hydrogens (tertiary/aromatic N) is 1. The first-order valence-corrected chi connectivity index (χ1v) is 12.0. The lowest BCUT2D eigenvalue weighted by Crippen LogP contribution is -2.38. The molecule has 0 unspecified atom stereocenters. The Hall–Kier alpha value is -2.23. The first-order valence-electron chi connectivity index (χ1n) is 9.38. The molecule has 2 rings (SSSR count). The molecule has 0 aliphatic heterocycles. The minimum atomic E-state index is -3.74. The van der Waals surface area contributed by atoms with Gasteiger partial charge in [0.2, 0.25) is 15.9 Å². The zero-order chi connectivity index (χ0) is 22.3. The standard InChI is InChI=1S/C21H28N2O5S2/c1-15(2)28-19-11-6-16(12-20(19)27-4)13-22-21(24)14-23(3)30(25,26)18-9-7-17(29-5)8-10-18/h6-12,15H,13-14H2,1-5H3,(H,22,24). The molecule has 0 atom stereocenters. The van der Waals surface area contributed by atoms with Gasteiger partial charge in [-0.1, -0.05) is 6.07 Å². The van der Waals surface area contributed by atoms with Crippen LogP contribution in [0.3, 0.4) is 0 Å². The Morgan fingerprint density at radius 3 is 2.37 bits per heavy atom. The van der Waals surface area contributed by atoms with Crippen LogP contribution in [0.1, 0.15) is 19.4 Å². The highest BCUT2D eigenvalue weighted by Gasteiger charge is 2.22. The molecule has 0 fully saturated rings. The summed E-state index contributed by atoms with van der Waals surface area (Å²) in [4.78, 5) is 13.4. The number of benzene rings is 2. The number of amides is 1. The molecule has 0 saturated carbocycles. The highest BCUT2D eigenvalue weighted by molar-refractivity contribution is 7.98. The second kappa shape index (κ2) is 10.7. The third-order valence-corrected chi connectivity index (χ3v) is 6.78. The maximum Gasteiger partial charge on any atom is 0.243 e. The number of carbonyl (C=O) groups is 1. The number of rotatable bonds is 10. The molecule has 7 nitrogen and oxygen atoms in total. The van der Waals surface area contributed by atoms with E-state index >= 15 is 0 Å². The second-order valence-corrected chi connectivity index (χ2v) is 9.79. The topological polar surface area (TPSA) is 84.9 Å². The van der Waals surface area contributed by atoms with E-state index in [0.717, 1.165) is 14.8 Å². The van der Waals surface area contributed by atoms with Crippen molar-refractivity contribution in [3.8, 4) is 11.5 Å². The highest BCUT2D eigenvalue weighted by atomic mass is 32.2. The van der Waals surface area contributed by atoms with Crippen molar-refractivity contribution in [2.24, 2.45) is 0 Å². The van der Waals surface area contributed by atoms with Gasteiger partial charge in [0.25, 0.3) is 0 Å². The van der Waals surface area contributed by atoms with E-state index in [1.807, 2.05) is 26.2 Å². The first kappa shape index (κ1) is 24.0. The van der Waals surface area contributed by atoms with E-state index in [1.165, 1.54) is 18.8 Å². The molecule has 2 aromatic rings. The molecule has 0 bridgehead atoms. The van der Waals surface area contributed by atoms with Crippen molar-refractivity contribution in [2.45, 2.75) is 36.3 Å². The van der Waals surface area contributed by atoms with E-state index in [-0.39, 0.29) is 24.1 Å². The summed E-state index contributed by atoms with van der Waals surface area (Å²) in [5.41, 5.74) is 0.814. The van der Waals surface area contributed by atoms with Gasteiger partial charge in [0.1, 0.15) is 0 Å². The summed E-state index contributed by atoms with van der Waals surface area (Å²) in [5.74, 6) is 0.799. The van der Waals surface area contributed by atoms with Gasteiger partial charge in [-0.25, -0.2) is 8.42 Å². The van der Waals surface area contributed by atoms with Crippen molar-refractivity contribution in [3.63, 3.8) is 0 Å². The molecule has 0 spiro atoms. The monoisotopic (exact) mass is 452 g/mol. The SMILES string of the molecule is COc1cc(CNC(=O)CN(C)S(=O)(=O)c2ccc(SC)cc2)ccc1OC(C)C. The predicted molar refractivity (Wildman–Crippen MR) is 119 cm³/mol. The van der Waals surface area contributed by atoms with Crippen LogP contribution in [0.15, 0.2) is 52.3 Å². The minimum Gasteiger partial charge on any atom is -0.493 e. The third kappa shape index (κ3) is 6.38. The number of ether oxygens (including phenoxy) is 2. The normalized spacial score (nSPS) is 11.6. The second-order valence-electron chi connectivity index (χ2n) is 6.87. The maximum absolute atomic E-state index is 12.7. The van der Waals surface area contributed by atoms with E-state index in [4.69, 9.17) is 9.47 Å². The average Bonchev–Trinajstić information content (AvgIpc) is 2.72. The Morgan fingerprint density at radius 2 is 1.80 bits per heavy atom. The zero-order valence-corrected chi connectivity index (χ0v) is 19.5. The summed E-state index contributed by atoms with van der Waals surface area (Å²) in [6, 6.07) is 12.0. The van der Waals surface area contributed by atoms with Gasteiger partial charge in [-0.3, -0.25) is 4.79 Å². The van der Waals surface area contributed by atoms with E-state index in [9.17, 15) is 13.2 Å². The van der Waals surface area contributed by atoms with Gasteiger partial charge in [0.05, 0.1) is 24.7 Å². The van der Waals surface area contributed by atoms with Gasteiger partial charge in [-0.15, -0.1) is 11.8 Å². The number of hydrogen-bond acceptors (Lipinski definition) is 6. The van der Waals surface area contributed by atoms with Gasteiger partial charge in [0, 0.05) is 18.5 Å². The number of thioether (sulfide) groups is 1. The summed E-state index contributed by atoms with van der Waals surface area (Å²) in [5, 5.41) is 2.74. The molecule has 164 valence electrons. The Morgan fingerprint density at radius 1 is 1.13 bits per heavy atom. The minimum absolute atomic E-state index is 0.0128. The molecule has 30 heavy (non-hydrogen) atoms. The van der Waals surface area contributed by atoms with E-state index < -0.39 is 15.9 Å². The van der Waals surface area contributed by atoms with E-state index in [0.29, 0.717) is 11.5 Å². The van der Waals surface area contributed by atoms with Crippen molar-refractivity contribution in [1.82, 2.24) is 9.62 Å². The molecule has 0 heterocycles. The van der Waals surface area contributed by atoms with Crippen LogP contribution >= 0.6 is 11.8 Å². The van der Waals surface area contributed by atoms with Crippen LogP contribution in [0.5, 0.6) is 11.5 Å². The predicted octanol–water partition coefficient (Wildman–Crippen LogP) is 3.14. The van der Waals surface area contributed by atoms with Crippen LogP contribution in [0.25, 0.3) is 0 Å². The quantitative estimate of drug-likeness (QED) is 0.558. The van der Waals surface area contributed by atoms with Crippen molar-refractivity contribution in [2.75, 3.05) is 27.0 Å². The van der Waals surface area contributed by atoms with Crippen molar-refractivity contribution >= 4 is 27.7 Å². The van der Waals surface area contributed by atoms with Crippen LogP contribution in [0, 0.1) is 0 Å². The van der Waals surface area contributed by atoms with Gasteiger partial charge in [-0.2, -0.15) is 4.31 Å². The van der Waals surface area contributed by atoms with Crippen LogP contribution < -0.4 is 14.8 Å². The summed E-state index contributed by atoms with van der Waals surface area (Å²) in [7, 11) is -0.804. The van der Waals surface area contributed by atoms with Crippen LogP contribution in [-0.4, -0.2) is 51.7 Å². The zero-order valence-electron chi connectivity index (χ0n) is 17.8. The Labute approximate surface area is 182 Å². The number of likely N-dealkylation sites (N-methyl/N-ethyl adjacent to an activating group) is 1. The summed E-state index contributed by atoms with van der Waals surface area (Å²) < 4.78 is 37.4. The Kier molecular flexibility index (Phi) is 8.57. The molecule has 0 aliphatic rings. The molecule has 0 aromatic heterocycles. The maximum atomic E-state index is 12.7. The van der Waals surface area contributed by atoms with Gasteiger partial charge >= 0.3 is 0 Å². The van der Waals surface area contributed by atoms with Crippen LogP contribution in [0.4, 0.5) is 0 Å². The van der Waals surface area contributed by atoms with Crippen molar-refractivity contribution in [3.05, 3.63) is 48.0 Å². The van der Waals surface area contributed by atoms with Crippen molar-refractivity contribution < 1.29 is 22.7 Å². The lowest BCUT2D eigenvalue weighted by Gasteiger charge is -2.17. The molecule has 1 N–H and O–H groups in total. The number of nitrogens with one attached hydrogen (secondary N) is 1. The highest BCUT2D eigenvalue weighted by Crippen LogP contribution is 2.29. The smallest absolute Gasteiger partial charge is 0.243 e. The Balaban J connectivity index is 1.98. The summed E-state index contributed by atoms with van der Waals surface area (Å²) in [6.45, 7) is 3.82. The summed E-state index contributed by atoms with van der Waals surface area (Å²) >= 11 is 1.53. The molecular formula is C21H28N2O5S2. The third-order valence-electron chi connectivity index (χ3n) is 4.21. The fraction of sp³-hybridized carbons (Fsp3) is 0.381. The van der Waals surface area contributed by atoms with E-state index in [2.05, 4.69) is 5.32 Å². The van der Waals surface area contributed by atoms with Crippen LogP contribution in [0.2, 0.25) is 0 Å².